The molecular formula is C17H25FN2. The maximum absolute atomic E-state index is 13.4. The molecule has 2 bridgehead atoms. The molecule has 2 saturated carbocycles. The van der Waals surface area contributed by atoms with Crippen molar-refractivity contribution in [3.63, 3.8) is 0 Å². The first-order chi connectivity index (χ1) is 9.67. The minimum absolute atomic E-state index is 0.162. The smallest absolute Gasteiger partial charge is 0.123 e. The Morgan fingerprint density at radius 1 is 1.30 bits per heavy atom. The van der Waals surface area contributed by atoms with Crippen molar-refractivity contribution in [2.45, 2.75) is 32.1 Å². The topological polar surface area (TPSA) is 29.3 Å². The summed E-state index contributed by atoms with van der Waals surface area (Å²) in [5.74, 6) is 2.58. The van der Waals surface area contributed by atoms with E-state index in [2.05, 4.69) is 11.9 Å². The second kappa shape index (κ2) is 5.72. The van der Waals surface area contributed by atoms with Crippen molar-refractivity contribution in [2.24, 2.45) is 23.5 Å². The van der Waals surface area contributed by atoms with Gasteiger partial charge in [0.15, 0.2) is 0 Å². The van der Waals surface area contributed by atoms with E-state index < -0.39 is 0 Å². The minimum Gasteiger partial charge on any atom is -0.374 e. The van der Waals surface area contributed by atoms with Crippen molar-refractivity contribution < 1.29 is 4.39 Å². The summed E-state index contributed by atoms with van der Waals surface area (Å²) in [7, 11) is 2.14. The highest BCUT2D eigenvalue weighted by atomic mass is 19.1. The first-order valence-electron chi connectivity index (χ1n) is 7.87. The number of rotatable bonds is 5. The van der Waals surface area contributed by atoms with Crippen LogP contribution >= 0.6 is 0 Å². The van der Waals surface area contributed by atoms with Crippen LogP contribution in [0.2, 0.25) is 0 Å². The zero-order chi connectivity index (χ0) is 14.1. The lowest BCUT2D eigenvalue weighted by Gasteiger charge is -2.30. The first kappa shape index (κ1) is 13.9. The standard InChI is InChI=1S/C17H25FN2/c1-20(11-15-9-12-2-3-13(15)8-12)17-5-4-16(18)10-14(17)6-7-19/h4-5,10,12-13,15H,2-3,6-9,11,19H2,1H3. The maximum Gasteiger partial charge on any atom is 0.123 e. The second-order valence-electron chi connectivity index (χ2n) is 6.63. The fourth-order valence-electron chi connectivity index (χ4n) is 4.33. The van der Waals surface area contributed by atoms with Crippen molar-refractivity contribution in [2.75, 3.05) is 25.0 Å². The zero-order valence-electron chi connectivity index (χ0n) is 12.3. The van der Waals surface area contributed by atoms with Crippen molar-refractivity contribution >= 4 is 5.69 Å². The summed E-state index contributed by atoms with van der Waals surface area (Å²) in [6.45, 7) is 1.67. The summed E-state index contributed by atoms with van der Waals surface area (Å²) in [6, 6.07) is 5.11. The number of hydrogen-bond donors (Lipinski definition) is 1. The Balaban J connectivity index is 1.71. The van der Waals surface area contributed by atoms with Gasteiger partial charge in [-0.1, -0.05) is 6.42 Å². The summed E-state index contributed by atoms with van der Waals surface area (Å²) < 4.78 is 13.4. The number of fused-ring (bicyclic) bond motifs is 2. The number of anilines is 1. The fourth-order valence-corrected chi connectivity index (χ4v) is 4.33. The molecule has 0 saturated heterocycles. The highest BCUT2D eigenvalue weighted by molar-refractivity contribution is 5.53. The number of nitrogens with two attached hydrogens (primary N) is 1. The summed E-state index contributed by atoms with van der Waals surface area (Å²) in [5.41, 5.74) is 7.84. The largest absolute Gasteiger partial charge is 0.374 e. The molecule has 3 rings (SSSR count). The molecule has 110 valence electrons. The monoisotopic (exact) mass is 276 g/mol. The van der Waals surface area contributed by atoms with Crippen LogP contribution in [0.3, 0.4) is 0 Å². The van der Waals surface area contributed by atoms with Crippen LogP contribution in [0.4, 0.5) is 10.1 Å². The molecule has 0 aromatic heterocycles. The summed E-state index contributed by atoms with van der Waals surface area (Å²) >= 11 is 0. The van der Waals surface area contributed by atoms with E-state index in [1.54, 1.807) is 12.1 Å². The SMILES string of the molecule is CN(CC1CC2CCC1C2)c1ccc(F)cc1CCN. The zero-order valence-corrected chi connectivity index (χ0v) is 12.3. The van der Waals surface area contributed by atoms with Gasteiger partial charge in [-0.2, -0.15) is 0 Å². The van der Waals surface area contributed by atoms with E-state index in [1.165, 1.54) is 25.7 Å². The number of hydrogen-bond acceptors (Lipinski definition) is 2. The third kappa shape index (κ3) is 2.69. The van der Waals surface area contributed by atoms with Crippen LogP contribution in [0.25, 0.3) is 0 Å². The molecule has 3 atom stereocenters. The van der Waals surface area contributed by atoms with E-state index in [9.17, 15) is 4.39 Å². The molecule has 20 heavy (non-hydrogen) atoms. The molecule has 3 unspecified atom stereocenters. The summed E-state index contributed by atoms with van der Waals surface area (Å²) in [4.78, 5) is 2.32. The van der Waals surface area contributed by atoms with E-state index in [1.807, 2.05) is 6.07 Å². The molecule has 2 N–H and O–H groups in total. The molecule has 0 amide bonds. The van der Waals surface area contributed by atoms with Gasteiger partial charge in [0.25, 0.3) is 0 Å². The van der Waals surface area contributed by atoms with Gasteiger partial charge in [0, 0.05) is 19.3 Å². The average Bonchev–Trinajstić information content (AvgIpc) is 3.01. The van der Waals surface area contributed by atoms with E-state index in [0.717, 1.165) is 42.0 Å². The van der Waals surface area contributed by atoms with Gasteiger partial charge in [-0.25, -0.2) is 4.39 Å². The molecule has 0 aliphatic heterocycles. The lowest BCUT2D eigenvalue weighted by molar-refractivity contribution is 0.337. The van der Waals surface area contributed by atoms with E-state index in [4.69, 9.17) is 5.73 Å². The van der Waals surface area contributed by atoms with Gasteiger partial charge in [0.05, 0.1) is 0 Å². The Morgan fingerprint density at radius 2 is 2.15 bits per heavy atom. The van der Waals surface area contributed by atoms with Crippen molar-refractivity contribution in [1.29, 1.82) is 0 Å². The molecular weight excluding hydrogens is 251 g/mol. The molecule has 0 spiro atoms. The van der Waals surface area contributed by atoms with Gasteiger partial charge in [-0.05, 0) is 73.7 Å². The predicted molar refractivity (Wildman–Crippen MR) is 81.4 cm³/mol. The maximum atomic E-state index is 13.4. The minimum atomic E-state index is -0.162. The van der Waals surface area contributed by atoms with Crippen molar-refractivity contribution in [1.82, 2.24) is 0 Å². The fraction of sp³-hybridized carbons (Fsp3) is 0.647. The molecule has 1 aromatic carbocycles. The number of nitrogens with zero attached hydrogens (tertiary/aromatic N) is 1. The molecule has 1 aromatic rings. The quantitative estimate of drug-likeness (QED) is 0.895. The Bertz CT molecular complexity index is 474. The Hall–Kier alpha value is -1.09. The Labute approximate surface area is 121 Å². The third-order valence-electron chi connectivity index (χ3n) is 5.26. The molecule has 3 heteroatoms. The van der Waals surface area contributed by atoms with Crippen molar-refractivity contribution in [3.05, 3.63) is 29.6 Å². The van der Waals surface area contributed by atoms with Gasteiger partial charge in [-0.15, -0.1) is 0 Å². The summed E-state index contributed by atoms with van der Waals surface area (Å²) in [6.07, 6.45) is 6.44. The number of halogens is 1. The highest BCUT2D eigenvalue weighted by Gasteiger charge is 2.39. The van der Waals surface area contributed by atoms with Gasteiger partial charge >= 0.3 is 0 Å². The molecule has 2 aliphatic carbocycles. The molecule has 0 radical (unpaired) electrons. The van der Waals surface area contributed by atoms with Gasteiger partial charge in [0.2, 0.25) is 0 Å². The molecule has 0 heterocycles. The first-order valence-corrected chi connectivity index (χ1v) is 7.87. The van der Waals surface area contributed by atoms with Crippen LogP contribution in [-0.2, 0) is 6.42 Å². The van der Waals surface area contributed by atoms with E-state index in [-0.39, 0.29) is 5.82 Å². The van der Waals surface area contributed by atoms with Gasteiger partial charge in [0.1, 0.15) is 5.82 Å². The molecule has 2 nitrogen and oxygen atoms in total. The van der Waals surface area contributed by atoms with Crippen LogP contribution in [0, 0.1) is 23.6 Å². The summed E-state index contributed by atoms with van der Waals surface area (Å²) in [5, 5.41) is 0. The second-order valence-corrected chi connectivity index (χ2v) is 6.63. The van der Waals surface area contributed by atoms with E-state index >= 15 is 0 Å². The Morgan fingerprint density at radius 3 is 2.80 bits per heavy atom. The lowest BCUT2D eigenvalue weighted by Crippen LogP contribution is -2.29. The van der Waals surface area contributed by atoms with Gasteiger partial charge < -0.3 is 10.6 Å². The average molecular weight is 276 g/mol. The number of benzene rings is 1. The van der Waals surface area contributed by atoms with Crippen LogP contribution in [0.1, 0.15) is 31.2 Å². The molecule has 2 fully saturated rings. The van der Waals surface area contributed by atoms with Gasteiger partial charge in [-0.3, -0.25) is 0 Å². The van der Waals surface area contributed by atoms with E-state index in [0.29, 0.717) is 6.54 Å². The lowest BCUT2D eigenvalue weighted by atomic mass is 9.88. The Kier molecular flexibility index (Phi) is 3.97. The highest BCUT2D eigenvalue weighted by Crippen LogP contribution is 2.48. The van der Waals surface area contributed by atoms with Crippen LogP contribution in [0.5, 0.6) is 0 Å². The van der Waals surface area contributed by atoms with Crippen LogP contribution < -0.4 is 10.6 Å². The molecule has 2 aliphatic rings. The van der Waals surface area contributed by atoms with Crippen LogP contribution in [-0.4, -0.2) is 20.1 Å². The predicted octanol–water partition coefficient (Wildman–Crippen LogP) is 3.20. The normalized spacial score (nSPS) is 28.1. The third-order valence-corrected chi connectivity index (χ3v) is 5.26. The van der Waals surface area contributed by atoms with Crippen molar-refractivity contribution in [3.8, 4) is 0 Å². The van der Waals surface area contributed by atoms with Crippen LogP contribution in [0.15, 0.2) is 18.2 Å².